The molecular weight excluding hydrogens is 250 g/mol. The lowest BCUT2D eigenvalue weighted by atomic mass is 9.95. The number of carbonyl (C=O) groups is 1. The third-order valence-electron chi connectivity index (χ3n) is 3.36. The average molecular weight is 268 g/mol. The molecule has 0 heterocycles. The lowest BCUT2D eigenvalue weighted by Crippen LogP contribution is -2.23. The van der Waals surface area contributed by atoms with Gasteiger partial charge in [-0.25, -0.2) is 0 Å². The SMILES string of the molecule is NC(=O)c1cc(N)c(NC2CCCCC2)c(Cl)c1. The Morgan fingerprint density at radius 1 is 1.28 bits per heavy atom. The standard InChI is InChI=1S/C13H18ClN3O/c14-10-6-8(13(16)18)7-11(15)12(10)17-9-4-2-1-3-5-9/h6-7,9,17H,1-5,15H2,(H2,16,18). The molecule has 1 aromatic carbocycles. The van der Waals surface area contributed by atoms with E-state index in [2.05, 4.69) is 5.32 Å². The van der Waals surface area contributed by atoms with Gasteiger partial charge in [0, 0.05) is 11.6 Å². The Balaban J connectivity index is 2.19. The van der Waals surface area contributed by atoms with Crippen LogP contribution in [0.3, 0.4) is 0 Å². The molecule has 5 heteroatoms. The molecule has 0 bridgehead atoms. The largest absolute Gasteiger partial charge is 0.397 e. The van der Waals surface area contributed by atoms with Crippen molar-refractivity contribution in [1.29, 1.82) is 0 Å². The van der Waals surface area contributed by atoms with Crippen LogP contribution in [0.2, 0.25) is 5.02 Å². The van der Waals surface area contributed by atoms with Gasteiger partial charge < -0.3 is 16.8 Å². The zero-order valence-corrected chi connectivity index (χ0v) is 11.0. The Bertz CT molecular complexity index is 433. The maximum atomic E-state index is 11.1. The second-order valence-electron chi connectivity index (χ2n) is 4.77. The molecule has 0 unspecified atom stereocenters. The van der Waals surface area contributed by atoms with E-state index in [0.717, 1.165) is 12.8 Å². The molecule has 0 saturated heterocycles. The molecular formula is C13H18ClN3O. The van der Waals surface area contributed by atoms with Crippen LogP contribution in [-0.2, 0) is 0 Å². The first-order valence-electron chi connectivity index (χ1n) is 6.23. The van der Waals surface area contributed by atoms with E-state index in [1.165, 1.54) is 19.3 Å². The number of hydrogen-bond acceptors (Lipinski definition) is 3. The first-order valence-corrected chi connectivity index (χ1v) is 6.61. The number of halogens is 1. The van der Waals surface area contributed by atoms with Crippen molar-refractivity contribution < 1.29 is 4.79 Å². The summed E-state index contributed by atoms with van der Waals surface area (Å²) in [4.78, 5) is 11.1. The molecule has 0 aliphatic heterocycles. The Kier molecular flexibility index (Phi) is 3.97. The van der Waals surface area contributed by atoms with Crippen LogP contribution in [0, 0.1) is 0 Å². The second kappa shape index (κ2) is 5.48. The van der Waals surface area contributed by atoms with Crippen molar-refractivity contribution in [2.75, 3.05) is 11.1 Å². The summed E-state index contributed by atoms with van der Waals surface area (Å²) in [6.07, 6.45) is 6.02. The summed E-state index contributed by atoms with van der Waals surface area (Å²) in [6, 6.07) is 3.54. The summed E-state index contributed by atoms with van der Waals surface area (Å²) in [6.45, 7) is 0. The molecule has 4 nitrogen and oxygen atoms in total. The van der Waals surface area contributed by atoms with Gasteiger partial charge in [-0.2, -0.15) is 0 Å². The molecule has 0 atom stereocenters. The van der Waals surface area contributed by atoms with Gasteiger partial charge >= 0.3 is 0 Å². The third-order valence-corrected chi connectivity index (χ3v) is 3.66. The zero-order chi connectivity index (χ0) is 13.1. The number of nitrogens with one attached hydrogen (secondary N) is 1. The van der Waals surface area contributed by atoms with E-state index in [1.807, 2.05) is 0 Å². The zero-order valence-electron chi connectivity index (χ0n) is 10.2. The molecule has 98 valence electrons. The summed E-state index contributed by atoms with van der Waals surface area (Å²) in [5.41, 5.74) is 12.7. The number of primary amides is 1. The van der Waals surface area contributed by atoms with E-state index >= 15 is 0 Å². The number of carbonyl (C=O) groups excluding carboxylic acids is 1. The van der Waals surface area contributed by atoms with E-state index in [-0.39, 0.29) is 0 Å². The Labute approximate surface area is 112 Å². The lowest BCUT2D eigenvalue weighted by Gasteiger charge is -2.25. The highest BCUT2D eigenvalue weighted by Crippen LogP contribution is 2.32. The van der Waals surface area contributed by atoms with Crippen LogP contribution < -0.4 is 16.8 Å². The molecule has 1 fully saturated rings. The summed E-state index contributed by atoms with van der Waals surface area (Å²) in [5, 5.41) is 3.83. The normalized spacial score (nSPS) is 16.5. The van der Waals surface area contributed by atoms with Crippen LogP contribution in [-0.4, -0.2) is 11.9 Å². The second-order valence-corrected chi connectivity index (χ2v) is 5.17. The molecule has 1 aromatic rings. The van der Waals surface area contributed by atoms with Gasteiger partial charge in [0.25, 0.3) is 0 Å². The minimum atomic E-state index is -0.521. The fourth-order valence-corrected chi connectivity index (χ4v) is 2.65. The van der Waals surface area contributed by atoms with Gasteiger partial charge in [0.05, 0.1) is 16.4 Å². The number of rotatable bonds is 3. The highest BCUT2D eigenvalue weighted by Gasteiger charge is 2.17. The van der Waals surface area contributed by atoms with Gasteiger partial charge in [-0.3, -0.25) is 4.79 Å². The van der Waals surface area contributed by atoms with Gasteiger partial charge in [0.2, 0.25) is 5.91 Å². The van der Waals surface area contributed by atoms with Gasteiger partial charge in [-0.15, -0.1) is 0 Å². The van der Waals surface area contributed by atoms with Gasteiger partial charge in [0.15, 0.2) is 0 Å². The van der Waals surface area contributed by atoms with Crippen LogP contribution >= 0.6 is 11.6 Å². The van der Waals surface area contributed by atoms with E-state index in [4.69, 9.17) is 23.1 Å². The van der Waals surface area contributed by atoms with Crippen molar-refractivity contribution in [3.05, 3.63) is 22.7 Å². The Morgan fingerprint density at radius 3 is 2.50 bits per heavy atom. The number of hydrogen-bond donors (Lipinski definition) is 3. The van der Waals surface area contributed by atoms with Gasteiger partial charge in [-0.05, 0) is 25.0 Å². The number of nitrogens with two attached hydrogens (primary N) is 2. The molecule has 0 aromatic heterocycles. The van der Waals surface area contributed by atoms with Crippen molar-refractivity contribution in [1.82, 2.24) is 0 Å². The van der Waals surface area contributed by atoms with E-state index in [1.54, 1.807) is 12.1 Å². The third kappa shape index (κ3) is 2.88. The fraction of sp³-hybridized carbons (Fsp3) is 0.462. The first-order chi connectivity index (χ1) is 8.58. The fourth-order valence-electron chi connectivity index (χ4n) is 2.37. The topological polar surface area (TPSA) is 81.1 Å². The van der Waals surface area contributed by atoms with Crippen LogP contribution in [0.5, 0.6) is 0 Å². The van der Waals surface area contributed by atoms with Crippen molar-refractivity contribution in [2.45, 2.75) is 38.1 Å². The monoisotopic (exact) mass is 267 g/mol. The molecule has 5 N–H and O–H groups in total. The molecule has 0 spiro atoms. The number of anilines is 2. The maximum Gasteiger partial charge on any atom is 0.248 e. The molecule has 1 amide bonds. The summed E-state index contributed by atoms with van der Waals surface area (Å²) in [5.74, 6) is -0.521. The number of nitrogen functional groups attached to an aromatic ring is 1. The van der Waals surface area contributed by atoms with Gasteiger partial charge in [0.1, 0.15) is 0 Å². The molecule has 1 saturated carbocycles. The summed E-state index contributed by atoms with van der Waals surface area (Å²) < 4.78 is 0. The minimum Gasteiger partial charge on any atom is -0.397 e. The first kappa shape index (κ1) is 13.0. The summed E-state index contributed by atoms with van der Waals surface area (Å²) in [7, 11) is 0. The van der Waals surface area contributed by atoms with Crippen LogP contribution in [0.25, 0.3) is 0 Å². The number of amides is 1. The Morgan fingerprint density at radius 2 is 1.94 bits per heavy atom. The summed E-state index contributed by atoms with van der Waals surface area (Å²) >= 11 is 6.15. The predicted molar refractivity (Wildman–Crippen MR) is 74.9 cm³/mol. The quantitative estimate of drug-likeness (QED) is 0.737. The van der Waals surface area contributed by atoms with Crippen LogP contribution in [0.4, 0.5) is 11.4 Å². The Hall–Kier alpha value is -1.42. The molecule has 2 rings (SSSR count). The van der Waals surface area contributed by atoms with Crippen molar-refractivity contribution in [3.8, 4) is 0 Å². The molecule has 0 radical (unpaired) electrons. The van der Waals surface area contributed by atoms with Crippen molar-refractivity contribution in [3.63, 3.8) is 0 Å². The van der Waals surface area contributed by atoms with E-state index in [9.17, 15) is 4.79 Å². The smallest absolute Gasteiger partial charge is 0.248 e. The van der Waals surface area contributed by atoms with E-state index in [0.29, 0.717) is 28.0 Å². The predicted octanol–water partition coefficient (Wildman–Crippen LogP) is 2.77. The molecule has 1 aliphatic rings. The molecule has 1 aliphatic carbocycles. The van der Waals surface area contributed by atoms with Crippen LogP contribution in [0.1, 0.15) is 42.5 Å². The van der Waals surface area contributed by atoms with Crippen molar-refractivity contribution in [2.24, 2.45) is 5.73 Å². The minimum absolute atomic E-state index is 0.340. The maximum absolute atomic E-state index is 11.1. The van der Waals surface area contributed by atoms with Crippen LogP contribution in [0.15, 0.2) is 12.1 Å². The van der Waals surface area contributed by atoms with E-state index < -0.39 is 5.91 Å². The average Bonchev–Trinajstić information content (AvgIpc) is 2.34. The highest BCUT2D eigenvalue weighted by atomic mass is 35.5. The molecule has 18 heavy (non-hydrogen) atoms. The number of benzene rings is 1. The van der Waals surface area contributed by atoms with Gasteiger partial charge in [-0.1, -0.05) is 30.9 Å². The highest BCUT2D eigenvalue weighted by molar-refractivity contribution is 6.34. The lowest BCUT2D eigenvalue weighted by molar-refractivity contribution is 0.100. The van der Waals surface area contributed by atoms with Crippen molar-refractivity contribution >= 4 is 28.9 Å².